The minimum Gasteiger partial charge on any atom is -0.394 e. The van der Waals surface area contributed by atoms with Gasteiger partial charge in [0.25, 0.3) is 0 Å². The Morgan fingerprint density at radius 3 is 2.32 bits per heavy atom. The van der Waals surface area contributed by atoms with Crippen molar-refractivity contribution in [2.75, 3.05) is 11.9 Å². The zero-order chi connectivity index (χ0) is 27.2. The quantitative estimate of drug-likeness (QED) is 0.497. The summed E-state index contributed by atoms with van der Waals surface area (Å²) in [7, 11) is 0. The molecule has 3 aliphatic rings. The van der Waals surface area contributed by atoms with E-state index >= 15 is 0 Å². The Bertz CT molecular complexity index is 1200. The maximum absolute atomic E-state index is 14.3. The fraction of sp³-hybridized carbons (Fsp3) is 0.500. The summed E-state index contributed by atoms with van der Waals surface area (Å²) in [6.45, 7) is 7.76. The van der Waals surface area contributed by atoms with E-state index in [1.54, 1.807) is 12.1 Å². The fourth-order valence-corrected chi connectivity index (χ4v) is 6.98. The van der Waals surface area contributed by atoms with Gasteiger partial charge in [-0.1, -0.05) is 69.3 Å². The molecule has 3 N–H and O–H groups in total. The third-order valence-electron chi connectivity index (χ3n) is 8.95. The van der Waals surface area contributed by atoms with Crippen LogP contribution >= 0.6 is 0 Å². The van der Waals surface area contributed by atoms with Gasteiger partial charge in [0.05, 0.1) is 30.1 Å². The first-order valence-corrected chi connectivity index (χ1v) is 13.4. The number of fused-ring (bicyclic) bond motifs is 1. The van der Waals surface area contributed by atoms with Gasteiger partial charge in [-0.2, -0.15) is 0 Å². The smallest absolute Gasteiger partial charge is 0.246 e. The Morgan fingerprint density at radius 2 is 1.71 bits per heavy atom. The number of amides is 3. The summed E-state index contributed by atoms with van der Waals surface area (Å²) < 4.78 is 6.75. The van der Waals surface area contributed by atoms with Crippen molar-refractivity contribution in [3.05, 3.63) is 66.2 Å². The third kappa shape index (κ3) is 4.01. The maximum atomic E-state index is 14.3. The number of hydrogen-bond donors (Lipinski definition) is 3. The van der Waals surface area contributed by atoms with Crippen LogP contribution in [0.2, 0.25) is 0 Å². The van der Waals surface area contributed by atoms with Crippen molar-refractivity contribution in [1.82, 2.24) is 10.2 Å². The standard InChI is InChI=1S/C30H37N3O5/c1-18(2)22(17-34)33-25(27(36)31-16-20-11-7-5-8-12-20)30-15-19(3)29(4,38-30)23(24(30)28(33)37)26(35)32-21-13-9-6-10-14-21/h5-14,18-19,22-25,34H,15-17H2,1-4H3,(H,31,36)(H,32,35)/t19?,22-,23-,24-,25?,29+,30?/m0/s1. The summed E-state index contributed by atoms with van der Waals surface area (Å²) in [6, 6.07) is 17.2. The summed E-state index contributed by atoms with van der Waals surface area (Å²) in [5.74, 6) is -2.70. The Labute approximate surface area is 223 Å². The van der Waals surface area contributed by atoms with Gasteiger partial charge in [0.1, 0.15) is 11.6 Å². The van der Waals surface area contributed by atoms with Crippen LogP contribution in [0, 0.1) is 23.7 Å². The second-order valence-corrected chi connectivity index (χ2v) is 11.5. The van der Waals surface area contributed by atoms with Gasteiger partial charge in [0.2, 0.25) is 17.7 Å². The molecule has 1 spiro atoms. The van der Waals surface area contributed by atoms with Gasteiger partial charge < -0.3 is 25.4 Å². The van der Waals surface area contributed by atoms with Crippen molar-refractivity contribution in [1.29, 1.82) is 0 Å². The van der Waals surface area contributed by atoms with Gasteiger partial charge in [-0.05, 0) is 42.9 Å². The highest BCUT2D eigenvalue weighted by atomic mass is 16.5. The predicted molar refractivity (Wildman–Crippen MR) is 143 cm³/mol. The number of nitrogens with one attached hydrogen (secondary N) is 2. The fourth-order valence-electron chi connectivity index (χ4n) is 6.98. The monoisotopic (exact) mass is 519 g/mol. The van der Waals surface area contributed by atoms with E-state index in [2.05, 4.69) is 10.6 Å². The average Bonchev–Trinajstić information content (AvgIpc) is 3.41. The lowest BCUT2D eigenvalue weighted by atomic mass is 9.62. The molecule has 5 rings (SSSR count). The van der Waals surface area contributed by atoms with Crippen molar-refractivity contribution in [3.8, 4) is 0 Å². The van der Waals surface area contributed by atoms with E-state index in [0.29, 0.717) is 18.7 Å². The molecule has 3 amide bonds. The molecule has 8 heteroatoms. The Kier molecular flexibility index (Phi) is 6.82. The molecule has 0 radical (unpaired) electrons. The van der Waals surface area contributed by atoms with Crippen LogP contribution < -0.4 is 10.6 Å². The Balaban J connectivity index is 1.54. The molecule has 2 aromatic carbocycles. The molecular formula is C30H37N3O5. The molecule has 7 atom stereocenters. The van der Waals surface area contributed by atoms with Crippen LogP contribution in [0.15, 0.2) is 60.7 Å². The molecule has 38 heavy (non-hydrogen) atoms. The van der Waals surface area contributed by atoms with Crippen molar-refractivity contribution < 1.29 is 24.2 Å². The molecule has 0 saturated carbocycles. The molecule has 3 saturated heterocycles. The Hall–Kier alpha value is -3.23. The summed E-state index contributed by atoms with van der Waals surface area (Å²) in [5.41, 5.74) is -0.492. The number of para-hydroxylation sites is 1. The summed E-state index contributed by atoms with van der Waals surface area (Å²) in [4.78, 5) is 43.5. The number of anilines is 1. The van der Waals surface area contributed by atoms with Crippen LogP contribution in [-0.4, -0.2) is 57.6 Å². The van der Waals surface area contributed by atoms with Crippen LogP contribution in [-0.2, 0) is 25.7 Å². The molecule has 2 bridgehead atoms. The van der Waals surface area contributed by atoms with E-state index in [-0.39, 0.29) is 36.2 Å². The lowest BCUT2D eigenvalue weighted by Crippen LogP contribution is -2.59. The number of carbonyl (C=O) groups is 3. The van der Waals surface area contributed by atoms with Crippen LogP contribution in [0.5, 0.6) is 0 Å². The number of aliphatic hydroxyl groups excluding tert-OH is 1. The van der Waals surface area contributed by atoms with E-state index in [4.69, 9.17) is 4.74 Å². The average molecular weight is 520 g/mol. The van der Waals surface area contributed by atoms with E-state index in [1.165, 1.54) is 4.90 Å². The van der Waals surface area contributed by atoms with E-state index < -0.39 is 35.1 Å². The SMILES string of the molecule is CC(C)[C@H](CO)N1C(=O)[C@@H]2[C@@H](C(=O)Nc3ccccc3)[C@]3(C)OC2(CC3C)C1C(=O)NCc1ccccc1. The number of ether oxygens (including phenoxy) is 1. The number of nitrogens with zero attached hydrogens (tertiary/aromatic N) is 1. The lowest BCUT2D eigenvalue weighted by Gasteiger charge is -2.38. The molecule has 0 aromatic heterocycles. The molecule has 3 heterocycles. The highest BCUT2D eigenvalue weighted by Crippen LogP contribution is 2.65. The zero-order valence-corrected chi connectivity index (χ0v) is 22.4. The predicted octanol–water partition coefficient (Wildman–Crippen LogP) is 2.97. The second-order valence-electron chi connectivity index (χ2n) is 11.5. The molecule has 0 aliphatic carbocycles. The highest BCUT2D eigenvalue weighted by Gasteiger charge is 2.80. The van der Waals surface area contributed by atoms with Crippen molar-refractivity contribution in [3.63, 3.8) is 0 Å². The van der Waals surface area contributed by atoms with Gasteiger partial charge in [-0.3, -0.25) is 14.4 Å². The summed E-state index contributed by atoms with van der Waals surface area (Å²) in [6.07, 6.45) is 0.477. The van der Waals surface area contributed by atoms with Gasteiger partial charge in [-0.15, -0.1) is 0 Å². The number of rotatable bonds is 8. The number of benzene rings is 2. The number of aliphatic hydroxyl groups is 1. The zero-order valence-electron chi connectivity index (χ0n) is 22.4. The topological polar surface area (TPSA) is 108 Å². The summed E-state index contributed by atoms with van der Waals surface area (Å²) >= 11 is 0. The molecular weight excluding hydrogens is 482 g/mol. The van der Waals surface area contributed by atoms with E-state index in [9.17, 15) is 19.5 Å². The Morgan fingerprint density at radius 1 is 1.08 bits per heavy atom. The maximum Gasteiger partial charge on any atom is 0.246 e. The van der Waals surface area contributed by atoms with Crippen LogP contribution in [0.1, 0.15) is 39.7 Å². The number of hydrogen-bond acceptors (Lipinski definition) is 5. The van der Waals surface area contributed by atoms with Crippen molar-refractivity contribution in [2.45, 2.75) is 63.9 Å². The minimum atomic E-state index is -1.16. The first kappa shape index (κ1) is 26.4. The van der Waals surface area contributed by atoms with Crippen molar-refractivity contribution in [2.24, 2.45) is 23.7 Å². The molecule has 202 valence electrons. The first-order valence-electron chi connectivity index (χ1n) is 13.4. The van der Waals surface area contributed by atoms with Crippen LogP contribution in [0.25, 0.3) is 0 Å². The van der Waals surface area contributed by atoms with Gasteiger partial charge in [-0.25, -0.2) is 0 Å². The third-order valence-corrected chi connectivity index (χ3v) is 8.95. The molecule has 3 unspecified atom stereocenters. The summed E-state index contributed by atoms with van der Waals surface area (Å²) in [5, 5.41) is 16.3. The van der Waals surface area contributed by atoms with Gasteiger partial charge >= 0.3 is 0 Å². The van der Waals surface area contributed by atoms with Gasteiger partial charge in [0, 0.05) is 12.2 Å². The van der Waals surface area contributed by atoms with Crippen molar-refractivity contribution >= 4 is 23.4 Å². The number of carbonyl (C=O) groups excluding carboxylic acids is 3. The highest BCUT2D eigenvalue weighted by molar-refractivity contribution is 6.02. The van der Waals surface area contributed by atoms with E-state index in [0.717, 1.165) is 5.56 Å². The largest absolute Gasteiger partial charge is 0.394 e. The van der Waals surface area contributed by atoms with Crippen LogP contribution in [0.3, 0.4) is 0 Å². The van der Waals surface area contributed by atoms with E-state index in [1.807, 2.05) is 76.2 Å². The minimum absolute atomic E-state index is 0.0610. The molecule has 3 aliphatic heterocycles. The second kappa shape index (κ2) is 9.82. The van der Waals surface area contributed by atoms with Crippen LogP contribution in [0.4, 0.5) is 5.69 Å². The molecule has 8 nitrogen and oxygen atoms in total. The van der Waals surface area contributed by atoms with Gasteiger partial charge in [0.15, 0.2) is 0 Å². The normalized spacial score (nSPS) is 32.4. The number of likely N-dealkylation sites (tertiary alicyclic amines) is 1. The molecule has 3 fully saturated rings. The first-order chi connectivity index (χ1) is 18.1. The molecule has 2 aromatic rings. The lowest BCUT2D eigenvalue weighted by molar-refractivity contribution is -0.151.